The Kier molecular flexibility index (Phi) is 6.12. The lowest BCUT2D eigenvalue weighted by molar-refractivity contribution is -0.141. The van der Waals surface area contributed by atoms with E-state index >= 15 is 0 Å². The van der Waals surface area contributed by atoms with Crippen molar-refractivity contribution < 1.29 is 22.6 Å². The largest absolute Gasteiger partial charge is 0.493 e. The fourth-order valence-electron chi connectivity index (χ4n) is 2.17. The number of alkyl halides is 3. The summed E-state index contributed by atoms with van der Waals surface area (Å²) in [6, 6.07) is 6.20. The van der Waals surface area contributed by atoms with Crippen LogP contribution in [0.1, 0.15) is 18.2 Å². The summed E-state index contributed by atoms with van der Waals surface area (Å²) in [4.78, 5) is 9.15. The molecule has 0 saturated carbocycles. The van der Waals surface area contributed by atoms with E-state index < -0.39 is 11.9 Å². The van der Waals surface area contributed by atoms with Gasteiger partial charge in [0.25, 0.3) is 0 Å². The van der Waals surface area contributed by atoms with Gasteiger partial charge in [-0.25, -0.2) is 4.98 Å². The standard InChI is InChI=1S/C17H21F3N4O2/c1-5-26-12-7-6-11(8-13(12)25-4)10-21-16-22-14(17(18,19)20)9-15(23-16)24(2)3/h6-9H,5,10H2,1-4H3,(H,21,22,23). The number of methoxy groups -OCH3 is 1. The van der Waals surface area contributed by atoms with Crippen molar-refractivity contribution in [1.29, 1.82) is 0 Å². The molecule has 0 spiro atoms. The Morgan fingerprint density at radius 3 is 2.42 bits per heavy atom. The van der Waals surface area contributed by atoms with Crippen LogP contribution in [0.2, 0.25) is 0 Å². The lowest BCUT2D eigenvalue weighted by Crippen LogP contribution is -2.17. The molecule has 1 aromatic heterocycles. The SMILES string of the molecule is CCOc1ccc(CNc2nc(N(C)C)cc(C(F)(F)F)n2)cc1OC. The lowest BCUT2D eigenvalue weighted by Gasteiger charge is -2.16. The van der Waals surface area contributed by atoms with Crippen molar-refractivity contribution in [2.45, 2.75) is 19.6 Å². The zero-order valence-electron chi connectivity index (χ0n) is 15.0. The van der Waals surface area contributed by atoms with E-state index in [-0.39, 0.29) is 18.3 Å². The predicted octanol–water partition coefficient (Wildman–Crippen LogP) is 3.58. The topological polar surface area (TPSA) is 59.5 Å². The number of hydrogen-bond donors (Lipinski definition) is 1. The van der Waals surface area contributed by atoms with Gasteiger partial charge in [0.2, 0.25) is 5.95 Å². The second kappa shape index (κ2) is 8.11. The van der Waals surface area contributed by atoms with E-state index in [1.807, 2.05) is 6.92 Å². The second-order valence-corrected chi connectivity index (χ2v) is 5.60. The smallest absolute Gasteiger partial charge is 0.433 e. The first-order chi connectivity index (χ1) is 12.2. The maximum absolute atomic E-state index is 13.0. The van der Waals surface area contributed by atoms with Crippen LogP contribution < -0.4 is 19.7 Å². The molecule has 0 radical (unpaired) electrons. The summed E-state index contributed by atoms with van der Waals surface area (Å²) in [6.45, 7) is 2.60. The quantitative estimate of drug-likeness (QED) is 0.804. The summed E-state index contributed by atoms with van der Waals surface area (Å²) < 4.78 is 49.8. The van der Waals surface area contributed by atoms with Gasteiger partial charge in [-0.05, 0) is 24.6 Å². The van der Waals surface area contributed by atoms with Gasteiger partial charge in [-0.3, -0.25) is 0 Å². The van der Waals surface area contributed by atoms with Gasteiger partial charge in [-0.15, -0.1) is 0 Å². The molecule has 1 N–H and O–H groups in total. The first-order valence-corrected chi connectivity index (χ1v) is 7.91. The Morgan fingerprint density at radius 1 is 1.12 bits per heavy atom. The summed E-state index contributed by atoms with van der Waals surface area (Å²) in [5.74, 6) is 1.21. The zero-order chi connectivity index (χ0) is 19.3. The highest BCUT2D eigenvalue weighted by Gasteiger charge is 2.34. The lowest BCUT2D eigenvalue weighted by atomic mass is 10.2. The minimum atomic E-state index is -4.55. The van der Waals surface area contributed by atoms with Crippen molar-refractivity contribution in [3.8, 4) is 11.5 Å². The molecular formula is C17H21F3N4O2. The van der Waals surface area contributed by atoms with Crippen molar-refractivity contribution in [2.24, 2.45) is 0 Å². The molecule has 142 valence electrons. The molecule has 0 aliphatic rings. The highest BCUT2D eigenvalue weighted by atomic mass is 19.4. The number of hydrogen-bond acceptors (Lipinski definition) is 6. The molecule has 1 heterocycles. The predicted molar refractivity (Wildman–Crippen MR) is 92.9 cm³/mol. The molecule has 0 unspecified atom stereocenters. The van der Waals surface area contributed by atoms with Crippen LogP contribution >= 0.6 is 0 Å². The van der Waals surface area contributed by atoms with Gasteiger partial charge in [-0.2, -0.15) is 18.2 Å². The Morgan fingerprint density at radius 2 is 1.85 bits per heavy atom. The van der Waals surface area contributed by atoms with Gasteiger partial charge in [0.15, 0.2) is 17.2 Å². The molecule has 2 aromatic rings. The maximum Gasteiger partial charge on any atom is 0.433 e. The van der Waals surface area contributed by atoms with E-state index in [0.29, 0.717) is 18.1 Å². The maximum atomic E-state index is 13.0. The number of aromatic nitrogens is 2. The number of benzene rings is 1. The van der Waals surface area contributed by atoms with E-state index in [9.17, 15) is 13.2 Å². The van der Waals surface area contributed by atoms with E-state index in [2.05, 4.69) is 15.3 Å². The molecule has 0 aliphatic carbocycles. The third-order valence-electron chi connectivity index (χ3n) is 3.44. The van der Waals surface area contributed by atoms with Gasteiger partial charge in [0.1, 0.15) is 5.82 Å². The number of nitrogens with zero attached hydrogens (tertiary/aromatic N) is 3. The fraction of sp³-hybridized carbons (Fsp3) is 0.412. The third kappa shape index (κ3) is 4.90. The molecule has 0 bridgehead atoms. The normalized spacial score (nSPS) is 11.2. The first kappa shape index (κ1) is 19.6. The number of nitrogens with one attached hydrogen (secondary N) is 1. The van der Waals surface area contributed by atoms with Gasteiger partial charge < -0.3 is 19.7 Å². The van der Waals surface area contributed by atoms with Gasteiger partial charge in [-0.1, -0.05) is 6.07 Å². The van der Waals surface area contributed by atoms with Gasteiger partial charge >= 0.3 is 6.18 Å². The molecule has 26 heavy (non-hydrogen) atoms. The molecule has 2 rings (SSSR count). The molecule has 0 amide bonds. The van der Waals surface area contributed by atoms with Crippen LogP contribution in [0, 0.1) is 0 Å². The molecule has 1 aromatic carbocycles. The average molecular weight is 370 g/mol. The fourth-order valence-corrected chi connectivity index (χ4v) is 2.17. The number of halogens is 3. The molecule has 0 saturated heterocycles. The summed E-state index contributed by atoms with van der Waals surface area (Å²) in [5, 5.41) is 2.83. The Bertz CT molecular complexity index is 751. The van der Waals surface area contributed by atoms with E-state index in [1.165, 1.54) is 12.0 Å². The minimum absolute atomic E-state index is 0.101. The molecule has 6 nitrogen and oxygen atoms in total. The average Bonchev–Trinajstić information content (AvgIpc) is 2.60. The number of ether oxygens (including phenoxy) is 2. The van der Waals surface area contributed by atoms with Crippen LogP contribution in [-0.2, 0) is 12.7 Å². The van der Waals surface area contributed by atoms with Crippen molar-refractivity contribution in [1.82, 2.24) is 9.97 Å². The van der Waals surface area contributed by atoms with Crippen LogP contribution in [0.15, 0.2) is 24.3 Å². The van der Waals surface area contributed by atoms with E-state index in [1.54, 1.807) is 32.3 Å². The number of rotatable bonds is 7. The minimum Gasteiger partial charge on any atom is -0.493 e. The molecular weight excluding hydrogens is 349 g/mol. The van der Waals surface area contributed by atoms with Gasteiger partial charge in [0.05, 0.1) is 13.7 Å². The van der Waals surface area contributed by atoms with Crippen molar-refractivity contribution in [3.63, 3.8) is 0 Å². The van der Waals surface area contributed by atoms with E-state index in [0.717, 1.165) is 11.6 Å². The third-order valence-corrected chi connectivity index (χ3v) is 3.44. The van der Waals surface area contributed by atoms with E-state index in [4.69, 9.17) is 9.47 Å². The molecule has 0 fully saturated rings. The van der Waals surface area contributed by atoms with Crippen LogP contribution in [0.4, 0.5) is 24.9 Å². The molecule has 9 heteroatoms. The van der Waals surface area contributed by atoms with Crippen LogP contribution in [0.25, 0.3) is 0 Å². The highest BCUT2D eigenvalue weighted by Crippen LogP contribution is 2.31. The monoisotopic (exact) mass is 370 g/mol. The Hall–Kier alpha value is -2.71. The zero-order valence-corrected chi connectivity index (χ0v) is 15.0. The summed E-state index contributed by atoms with van der Waals surface area (Å²) >= 11 is 0. The second-order valence-electron chi connectivity index (χ2n) is 5.60. The Labute approximate surface area is 150 Å². The van der Waals surface area contributed by atoms with Crippen LogP contribution in [0.5, 0.6) is 11.5 Å². The van der Waals surface area contributed by atoms with Crippen molar-refractivity contribution in [2.75, 3.05) is 38.0 Å². The summed E-state index contributed by atoms with van der Waals surface area (Å²) in [6.07, 6.45) is -4.55. The first-order valence-electron chi connectivity index (χ1n) is 7.91. The number of anilines is 2. The summed E-state index contributed by atoms with van der Waals surface area (Å²) in [7, 11) is 4.75. The molecule has 0 aliphatic heterocycles. The Balaban J connectivity index is 2.22. The van der Waals surface area contributed by atoms with Crippen molar-refractivity contribution in [3.05, 3.63) is 35.5 Å². The molecule has 0 atom stereocenters. The summed E-state index contributed by atoms with van der Waals surface area (Å²) in [5.41, 5.74) is -0.208. The van der Waals surface area contributed by atoms with Crippen LogP contribution in [0.3, 0.4) is 0 Å². The van der Waals surface area contributed by atoms with Crippen LogP contribution in [-0.4, -0.2) is 37.8 Å². The van der Waals surface area contributed by atoms with Gasteiger partial charge in [0, 0.05) is 26.7 Å². The van der Waals surface area contributed by atoms with Crippen molar-refractivity contribution >= 4 is 11.8 Å². The highest BCUT2D eigenvalue weighted by molar-refractivity contribution is 5.46.